The first-order chi connectivity index (χ1) is 12.5. The summed E-state index contributed by atoms with van der Waals surface area (Å²) in [5.74, 6) is 0.0666. The van der Waals surface area contributed by atoms with Gasteiger partial charge in [0.25, 0.3) is 0 Å². The van der Waals surface area contributed by atoms with E-state index in [0.717, 1.165) is 21.4 Å². The Labute approximate surface area is 150 Å². The molecule has 3 aromatic rings. The highest BCUT2D eigenvalue weighted by Crippen LogP contribution is 2.20. The van der Waals surface area contributed by atoms with Crippen molar-refractivity contribution in [1.82, 2.24) is 14.2 Å². The smallest absolute Gasteiger partial charge is 0.327 e. The molecule has 3 rings (SSSR count). The molecule has 1 atom stereocenters. The zero-order valence-corrected chi connectivity index (χ0v) is 14.5. The molecule has 0 aliphatic heterocycles. The van der Waals surface area contributed by atoms with E-state index in [1.165, 1.54) is 4.40 Å². The molecule has 0 radical (unpaired) electrons. The quantitative estimate of drug-likeness (QED) is 0.638. The monoisotopic (exact) mass is 376 g/mol. The molecule has 1 unspecified atom stereocenters. The van der Waals surface area contributed by atoms with Gasteiger partial charge in [-0.15, -0.1) is 5.10 Å². The van der Waals surface area contributed by atoms with E-state index in [-0.39, 0.29) is 30.1 Å². The van der Waals surface area contributed by atoms with Crippen molar-refractivity contribution in [1.29, 1.82) is 0 Å². The average molecular weight is 376 g/mol. The van der Waals surface area contributed by atoms with Crippen LogP contribution >= 0.6 is 0 Å². The summed E-state index contributed by atoms with van der Waals surface area (Å²) in [6.07, 6.45) is 2.05. The number of fused-ring (bicyclic) bond motifs is 1. The molecule has 0 saturated heterocycles. The van der Waals surface area contributed by atoms with Crippen molar-refractivity contribution in [2.75, 3.05) is 6.54 Å². The van der Waals surface area contributed by atoms with E-state index in [2.05, 4.69) is 5.10 Å². The van der Waals surface area contributed by atoms with Crippen molar-refractivity contribution in [2.24, 2.45) is 5.73 Å². The highest BCUT2D eigenvalue weighted by atomic mass is 32.2. The van der Waals surface area contributed by atoms with Gasteiger partial charge in [-0.05, 0) is 34.4 Å². The fourth-order valence-electron chi connectivity index (χ4n) is 2.56. The van der Waals surface area contributed by atoms with Crippen LogP contribution in [0.4, 0.5) is 4.39 Å². The molecule has 136 valence electrons. The Morgan fingerprint density at radius 2 is 1.92 bits per heavy atom. The molecule has 2 aromatic heterocycles. The predicted molar refractivity (Wildman–Crippen MR) is 97.6 cm³/mol. The fourth-order valence-corrected chi connectivity index (χ4v) is 3.04. The molecule has 1 aromatic carbocycles. The van der Waals surface area contributed by atoms with Crippen LogP contribution in [0.5, 0.6) is 0 Å². The van der Waals surface area contributed by atoms with E-state index >= 15 is 0 Å². The Morgan fingerprint density at radius 3 is 2.54 bits per heavy atom. The first-order valence-corrected chi connectivity index (χ1v) is 9.03. The van der Waals surface area contributed by atoms with Gasteiger partial charge >= 0.3 is 5.69 Å². The van der Waals surface area contributed by atoms with Crippen LogP contribution < -0.4 is 11.4 Å². The molecule has 7 nitrogen and oxygen atoms in total. The van der Waals surface area contributed by atoms with Gasteiger partial charge in [0.15, 0.2) is 16.7 Å². The molecule has 2 heterocycles. The summed E-state index contributed by atoms with van der Waals surface area (Å²) in [4.78, 5) is 12.5. The molecule has 0 bridgehead atoms. The van der Waals surface area contributed by atoms with Crippen LogP contribution in [0.25, 0.3) is 16.8 Å². The molecule has 0 spiro atoms. The van der Waals surface area contributed by atoms with Crippen molar-refractivity contribution in [3.8, 4) is 11.1 Å². The molecule has 0 aliphatic carbocycles. The lowest BCUT2D eigenvalue weighted by Gasteiger charge is -2.04. The van der Waals surface area contributed by atoms with Gasteiger partial charge in [0.1, 0.15) is 0 Å². The van der Waals surface area contributed by atoms with Crippen molar-refractivity contribution >= 4 is 16.7 Å². The number of nitrogens with two attached hydrogens (primary N) is 1. The third-order valence-electron chi connectivity index (χ3n) is 3.92. The summed E-state index contributed by atoms with van der Waals surface area (Å²) in [5, 5.41) is 4.17. The second-order valence-corrected chi connectivity index (χ2v) is 6.65. The SMILES string of the molecule is NC/C(=C\F)Cn1nc2ccc(-c3ccc(CS(=O)O)cc3)cn2c1=O. The molecule has 0 aliphatic rings. The normalized spacial score (nSPS) is 13.3. The van der Waals surface area contributed by atoms with Crippen molar-refractivity contribution < 1.29 is 13.2 Å². The van der Waals surface area contributed by atoms with E-state index in [9.17, 15) is 13.4 Å². The van der Waals surface area contributed by atoms with Crippen LogP contribution in [0.1, 0.15) is 5.56 Å². The fraction of sp³-hybridized carbons (Fsp3) is 0.176. The number of hydrogen-bond donors (Lipinski definition) is 2. The lowest BCUT2D eigenvalue weighted by atomic mass is 10.1. The molecule has 9 heteroatoms. The molecule has 3 N–H and O–H groups in total. The maximum atomic E-state index is 12.7. The number of benzene rings is 1. The number of nitrogens with zero attached hydrogens (tertiary/aromatic N) is 3. The molecular formula is C17H17FN4O3S. The van der Waals surface area contributed by atoms with Gasteiger partial charge in [-0.25, -0.2) is 22.5 Å². The molecule has 0 amide bonds. The second-order valence-electron chi connectivity index (χ2n) is 5.72. The minimum Gasteiger partial charge on any atom is -0.327 e. The Bertz CT molecular complexity index is 1040. The highest BCUT2D eigenvalue weighted by molar-refractivity contribution is 7.78. The van der Waals surface area contributed by atoms with E-state index in [1.807, 2.05) is 18.2 Å². The van der Waals surface area contributed by atoms with Gasteiger partial charge in [0.2, 0.25) is 0 Å². The summed E-state index contributed by atoms with van der Waals surface area (Å²) in [6, 6.07) is 10.7. The van der Waals surface area contributed by atoms with Crippen molar-refractivity contribution in [3.05, 3.63) is 70.5 Å². The number of rotatable bonds is 6. The lowest BCUT2D eigenvalue weighted by molar-refractivity contribution is 0.563. The maximum absolute atomic E-state index is 12.7. The third-order valence-corrected chi connectivity index (χ3v) is 4.50. The summed E-state index contributed by atoms with van der Waals surface area (Å²) in [7, 11) is 0. The largest absolute Gasteiger partial charge is 0.350 e. The number of halogens is 1. The standard InChI is InChI=1S/C17H17FN4O3S/c18-7-13(8-19)9-22-17(23)21-10-15(5-6-16(21)20-22)14-3-1-12(2-4-14)11-26(24)25/h1-7,10H,8-9,11,19H2,(H,24,25)/b13-7+. The number of hydrogen-bond acceptors (Lipinski definition) is 4. The average Bonchev–Trinajstić information content (AvgIpc) is 2.95. The van der Waals surface area contributed by atoms with Gasteiger partial charge in [-0.1, -0.05) is 24.3 Å². The van der Waals surface area contributed by atoms with E-state index in [0.29, 0.717) is 12.0 Å². The summed E-state index contributed by atoms with van der Waals surface area (Å²) < 4.78 is 35.0. The van der Waals surface area contributed by atoms with E-state index < -0.39 is 11.1 Å². The Balaban J connectivity index is 1.95. The lowest BCUT2D eigenvalue weighted by Crippen LogP contribution is -2.23. The number of aromatic nitrogens is 3. The van der Waals surface area contributed by atoms with Gasteiger partial charge in [-0.3, -0.25) is 0 Å². The zero-order valence-electron chi connectivity index (χ0n) is 13.7. The summed E-state index contributed by atoms with van der Waals surface area (Å²) >= 11 is -1.89. The van der Waals surface area contributed by atoms with Crippen LogP contribution in [0.2, 0.25) is 0 Å². The molecule has 0 fully saturated rings. The van der Waals surface area contributed by atoms with Crippen LogP contribution in [0.15, 0.2) is 59.3 Å². The molecule has 0 saturated carbocycles. The highest BCUT2D eigenvalue weighted by Gasteiger charge is 2.10. The first-order valence-electron chi connectivity index (χ1n) is 7.76. The zero-order chi connectivity index (χ0) is 18.7. The third kappa shape index (κ3) is 3.79. The Morgan fingerprint density at radius 1 is 1.23 bits per heavy atom. The Kier molecular flexibility index (Phi) is 5.40. The van der Waals surface area contributed by atoms with Gasteiger partial charge < -0.3 is 10.3 Å². The summed E-state index contributed by atoms with van der Waals surface area (Å²) in [6.45, 7) is 0.00286. The minimum absolute atomic E-state index is 0.00412. The van der Waals surface area contributed by atoms with E-state index in [4.69, 9.17) is 10.3 Å². The Hall–Kier alpha value is -2.62. The van der Waals surface area contributed by atoms with Crippen LogP contribution in [0, 0.1) is 0 Å². The topological polar surface area (TPSA) is 103 Å². The number of pyridine rings is 1. The summed E-state index contributed by atoms with van der Waals surface area (Å²) in [5.41, 5.74) is 8.14. The van der Waals surface area contributed by atoms with Gasteiger partial charge in [0, 0.05) is 12.7 Å². The van der Waals surface area contributed by atoms with E-state index in [1.54, 1.807) is 24.4 Å². The van der Waals surface area contributed by atoms with Crippen LogP contribution in [0.3, 0.4) is 0 Å². The minimum atomic E-state index is -1.89. The predicted octanol–water partition coefficient (Wildman–Crippen LogP) is 1.70. The van der Waals surface area contributed by atoms with Gasteiger partial charge in [0.05, 0.1) is 18.6 Å². The van der Waals surface area contributed by atoms with Crippen molar-refractivity contribution in [2.45, 2.75) is 12.3 Å². The van der Waals surface area contributed by atoms with Crippen LogP contribution in [-0.2, 0) is 23.4 Å². The second kappa shape index (κ2) is 7.73. The first kappa shape index (κ1) is 18.2. The molecular weight excluding hydrogens is 359 g/mol. The molecule has 26 heavy (non-hydrogen) atoms. The van der Waals surface area contributed by atoms with Crippen molar-refractivity contribution in [3.63, 3.8) is 0 Å². The van der Waals surface area contributed by atoms with Gasteiger partial charge in [-0.2, -0.15) is 0 Å². The van der Waals surface area contributed by atoms with Crippen LogP contribution in [-0.4, -0.2) is 29.5 Å². The maximum Gasteiger partial charge on any atom is 0.350 e.